The van der Waals surface area contributed by atoms with Gasteiger partial charge >= 0.3 is 50.2 Å². The number of pyridine rings is 2. The normalized spacial score (nSPS) is 9.81. The summed E-state index contributed by atoms with van der Waals surface area (Å²) in [4.78, 5) is 0. The number of aromatic nitrogens is 2. The Morgan fingerprint density at radius 1 is 0.762 bits per heavy atom. The first kappa shape index (κ1) is 21.1. The molecular formula is C14H20N2S4W. The van der Waals surface area contributed by atoms with Crippen molar-refractivity contribution >= 4 is 40.3 Å². The summed E-state index contributed by atoms with van der Waals surface area (Å²) in [5.74, 6) is 0. The molecule has 2 aromatic heterocycles. The van der Waals surface area contributed by atoms with E-state index in [-0.39, 0.29) is 0 Å². The van der Waals surface area contributed by atoms with Crippen LogP contribution in [0.2, 0.25) is 0 Å². The predicted octanol–water partition coefficient (Wildman–Crippen LogP) is 2.93. The Kier molecular flexibility index (Phi) is 10.9. The molecule has 0 atom stereocenters. The summed E-state index contributed by atoms with van der Waals surface area (Å²) in [7, 11) is 19.1. The van der Waals surface area contributed by atoms with Gasteiger partial charge in [-0.3, -0.25) is 0 Å². The van der Waals surface area contributed by atoms with Crippen molar-refractivity contribution in [2.75, 3.05) is 0 Å². The summed E-state index contributed by atoms with van der Waals surface area (Å²) in [6.07, 6.45) is 8.15. The molecule has 21 heavy (non-hydrogen) atoms. The third kappa shape index (κ3) is 16.3. The zero-order valence-corrected chi connectivity index (χ0v) is 18.8. The molecule has 0 unspecified atom stereocenters. The first-order valence-corrected chi connectivity index (χ1v) is 21.8. The molecule has 7 heteroatoms. The van der Waals surface area contributed by atoms with E-state index in [1.165, 1.54) is 11.1 Å². The Bertz CT molecular complexity index is 530. The topological polar surface area (TPSA) is 7.76 Å². The number of aryl methyl sites for hydroxylation is 4. The standard InChI is InChI=1S/2C7H10N.4S.W/c2*1-7-3-5-8(2)6-4-7;;;;;/h2*3-6H,1-2H3;;;;;/q2*+1;;;2*-1;. The first-order chi connectivity index (χ1) is 9.58. The fourth-order valence-corrected chi connectivity index (χ4v) is 1.15. The van der Waals surface area contributed by atoms with E-state index in [0.717, 1.165) is 0 Å². The van der Waals surface area contributed by atoms with Gasteiger partial charge in [-0.15, -0.1) is 0 Å². The molecule has 2 nitrogen and oxygen atoms in total. The van der Waals surface area contributed by atoms with Crippen LogP contribution in [0.1, 0.15) is 11.1 Å². The van der Waals surface area contributed by atoms with Crippen LogP contribution in [0.3, 0.4) is 0 Å². The monoisotopic (exact) mass is 528 g/mol. The predicted molar refractivity (Wildman–Crippen MR) is 94.6 cm³/mol. The van der Waals surface area contributed by atoms with Crippen molar-refractivity contribution in [3.63, 3.8) is 0 Å². The molecule has 0 aliphatic carbocycles. The molecule has 2 rings (SSSR count). The SMILES string of the molecule is Cc1cc[n+](C)cc1.Cc1cc[n+](C)cc1.[S]=[W](=[S])([S-])[S-]. The number of hydrogen-bond acceptors (Lipinski definition) is 4. The Labute approximate surface area is 146 Å². The van der Waals surface area contributed by atoms with Crippen molar-refractivity contribution in [3.05, 3.63) is 60.2 Å². The summed E-state index contributed by atoms with van der Waals surface area (Å²) in [6.45, 7) is 4.17. The second-order valence-electron chi connectivity index (χ2n) is 4.49. The van der Waals surface area contributed by atoms with E-state index in [2.05, 4.69) is 78.4 Å². The van der Waals surface area contributed by atoms with Crippen molar-refractivity contribution in [2.24, 2.45) is 14.1 Å². The van der Waals surface area contributed by atoms with E-state index >= 15 is 0 Å². The van der Waals surface area contributed by atoms with Crippen LogP contribution in [0.25, 0.3) is 0 Å². The molecule has 116 valence electrons. The van der Waals surface area contributed by atoms with Crippen molar-refractivity contribution in [1.82, 2.24) is 0 Å². The quantitative estimate of drug-likeness (QED) is 0.384. The Hall–Kier alpha value is 0.128. The van der Waals surface area contributed by atoms with E-state index in [1.54, 1.807) is 0 Å². The van der Waals surface area contributed by atoms with Gasteiger partial charge in [-0.2, -0.15) is 0 Å². The molecule has 0 aliphatic heterocycles. The van der Waals surface area contributed by atoms with Gasteiger partial charge in [-0.25, -0.2) is 9.13 Å². The summed E-state index contributed by atoms with van der Waals surface area (Å²) < 4.78 is 4.04. The van der Waals surface area contributed by atoms with Crippen molar-refractivity contribution < 1.29 is 19.0 Å². The van der Waals surface area contributed by atoms with Gasteiger partial charge in [0.2, 0.25) is 0 Å². The van der Waals surface area contributed by atoms with E-state index in [4.69, 9.17) is 0 Å². The number of rotatable bonds is 0. The minimum atomic E-state index is -2.83. The zero-order chi connectivity index (χ0) is 16.5. The molecule has 0 fully saturated rings. The van der Waals surface area contributed by atoms with Gasteiger partial charge in [0.05, 0.1) is 0 Å². The molecule has 0 saturated heterocycles. The van der Waals surface area contributed by atoms with Crippen LogP contribution in [0, 0.1) is 13.8 Å². The fourth-order valence-electron chi connectivity index (χ4n) is 1.15. The van der Waals surface area contributed by atoms with Gasteiger partial charge in [-0.05, 0) is 25.0 Å². The van der Waals surface area contributed by atoms with Crippen LogP contribution < -0.4 is 9.13 Å². The molecular weight excluding hydrogens is 508 g/mol. The van der Waals surface area contributed by atoms with Crippen LogP contribution in [0.4, 0.5) is 0 Å². The molecule has 0 spiro atoms. The third-order valence-electron chi connectivity index (χ3n) is 2.29. The van der Waals surface area contributed by atoms with Gasteiger partial charge in [0.25, 0.3) is 0 Å². The first-order valence-electron chi connectivity index (χ1n) is 6.08. The number of hydrogen-bond donors (Lipinski definition) is 0. The summed E-state index contributed by atoms with van der Waals surface area (Å²) in [5.41, 5.74) is 2.62. The third-order valence-corrected chi connectivity index (χ3v) is 2.29. The van der Waals surface area contributed by atoms with E-state index in [1.807, 2.05) is 48.0 Å². The Morgan fingerprint density at radius 2 is 0.952 bits per heavy atom. The van der Waals surface area contributed by atoms with Gasteiger partial charge < -0.3 is 0 Å². The van der Waals surface area contributed by atoms with Crippen LogP contribution >= 0.6 is 19.6 Å². The van der Waals surface area contributed by atoms with Crippen LogP contribution in [0.15, 0.2) is 49.1 Å². The van der Waals surface area contributed by atoms with E-state index < -0.39 is 9.86 Å². The molecule has 0 saturated carbocycles. The number of nitrogens with zero attached hydrogens (tertiary/aromatic N) is 2. The van der Waals surface area contributed by atoms with E-state index in [9.17, 15) is 0 Å². The Morgan fingerprint density at radius 3 is 1.10 bits per heavy atom. The zero-order valence-electron chi connectivity index (χ0n) is 12.6. The van der Waals surface area contributed by atoms with Crippen molar-refractivity contribution in [2.45, 2.75) is 13.8 Å². The summed E-state index contributed by atoms with van der Waals surface area (Å²) in [5, 5.41) is 0. The molecule has 0 bridgehead atoms. The molecule has 0 N–H and O–H groups in total. The van der Waals surface area contributed by atoms with Crippen molar-refractivity contribution in [1.29, 1.82) is 0 Å². The fraction of sp³-hybridized carbons (Fsp3) is 0.286. The minimum absolute atomic E-state index is 1.31. The Balaban J connectivity index is 0.000000296. The maximum absolute atomic E-state index is 4.48. The summed E-state index contributed by atoms with van der Waals surface area (Å²) in [6, 6.07) is 8.33. The van der Waals surface area contributed by atoms with Gasteiger partial charge in [0, 0.05) is 24.3 Å². The second-order valence-corrected chi connectivity index (χ2v) is 34.2. The second kappa shape index (κ2) is 10.8. The molecule has 0 amide bonds. The maximum atomic E-state index is 4.48. The molecule has 0 aliphatic rings. The molecule has 0 radical (unpaired) electrons. The van der Waals surface area contributed by atoms with Gasteiger partial charge in [0.15, 0.2) is 24.8 Å². The van der Waals surface area contributed by atoms with Crippen LogP contribution in [0.5, 0.6) is 0 Å². The van der Waals surface area contributed by atoms with Gasteiger partial charge in [-0.1, -0.05) is 0 Å². The van der Waals surface area contributed by atoms with E-state index in [0.29, 0.717) is 0 Å². The van der Waals surface area contributed by atoms with Gasteiger partial charge in [0.1, 0.15) is 14.1 Å². The summed E-state index contributed by atoms with van der Waals surface area (Å²) >= 11 is 0. The average Bonchev–Trinajstić information content (AvgIpc) is 2.35. The van der Waals surface area contributed by atoms with Crippen LogP contribution in [-0.4, -0.2) is 0 Å². The molecule has 2 aromatic rings. The van der Waals surface area contributed by atoms with Crippen LogP contribution in [-0.2, 0) is 44.6 Å². The average molecular weight is 528 g/mol. The molecule has 2 heterocycles. The molecule has 0 aromatic carbocycles. The van der Waals surface area contributed by atoms with Crippen molar-refractivity contribution in [3.8, 4) is 0 Å².